The molecular formula is C20H17NO2. The number of aryl methyl sites for hydroxylation is 1. The summed E-state index contributed by atoms with van der Waals surface area (Å²) in [7, 11) is 0. The number of phenolic OH excluding ortho intramolecular Hbond substituents is 1. The number of nitriles is 1. The number of fused-ring (bicyclic) bond motifs is 1. The number of rotatable bonds is 4. The monoisotopic (exact) mass is 303 g/mol. The third-order valence-electron chi connectivity index (χ3n) is 4.02. The van der Waals surface area contributed by atoms with Gasteiger partial charge in [0.1, 0.15) is 5.75 Å². The fraction of sp³-hybridized carbons (Fsp3) is 0.150. The zero-order valence-corrected chi connectivity index (χ0v) is 12.7. The average Bonchev–Trinajstić information content (AvgIpc) is 2.61. The van der Waals surface area contributed by atoms with Crippen molar-refractivity contribution in [2.75, 3.05) is 6.61 Å². The summed E-state index contributed by atoms with van der Waals surface area (Å²) in [5.41, 5.74) is 3.48. The third kappa shape index (κ3) is 2.90. The van der Waals surface area contributed by atoms with Gasteiger partial charge in [0.2, 0.25) is 0 Å². The fourth-order valence-electron chi connectivity index (χ4n) is 2.84. The first-order valence-electron chi connectivity index (χ1n) is 7.59. The van der Waals surface area contributed by atoms with Gasteiger partial charge in [0, 0.05) is 12.0 Å². The zero-order chi connectivity index (χ0) is 16.2. The van der Waals surface area contributed by atoms with E-state index in [2.05, 4.69) is 6.07 Å². The first-order chi connectivity index (χ1) is 11.2. The van der Waals surface area contributed by atoms with Crippen molar-refractivity contribution < 1.29 is 10.2 Å². The van der Waals surface area contributed by atoms with Crippen LogP contribution in [0.15, 0.2) is 54.6 Å². The molecule has 0 amide bonds. The van der Waals surface area contributed by atoms with Crippen LogP contribution >= 0.6 is 0 Å². The van der Waals surface area contributed by atoms with Gasteiger partial charge < -0.3 is 10.2 Å². The van der Waals surface area contributed by atoms with Crippen molar-refractivity contribution in [1.82, 2.24) is 0 Å². The standard InChI is InChI=1S/C20H17NO2/c21-13-14-7-9-15(10-8-14)19-12-16(4-3-11-22)20(23)18-6-2-1-5-17(18)19/h1-2,5-10,12,22-23H,3-4,11H2. The van der Waals surface area contributed by atoms with Gasteiger partial charge in [-0.1, -0.05) is 36.4 Å². The van der Waals surface area contributed by atoms with Crippen LogP contribution in [0.25, 0.3) is 21.9 Å². The lowest BCUT2D eigenvalue weighted by Gasteiger charge is -2.13. The van der Waals surface area contributed by atoms with Crippen molar-refractivity contribution >= 4 is 10.8 Å². The van der Waals surface area contributed by atoms with Crippen molar-refractivity contribution in [3.8, 4) is 22.9 Å². The Kier molecular flexibility index (Phi) is 4.27. The molecule has 2 N–H and O–H groups in total. The maximum Gasteiger partial charge on any atom is 0.126 e. The van der Waals surface area contributed by atoms with Crippen LogP contribution in [0.3, 0.4) is 0 Å². The minimum absolute atomic E-state index is 0.0957. The van der Waals surface area contributed by atoms with E-state index < -0.39 is 0 Å². The molecule has 0 bridgehead atoms. The number of hydrogen-bond acceptors (Lipinski definition) is 3. The summed E-state index contributed by atoms with van der Waals surface area (Å²) in [6.45, 7) is 0.0957. The summed E-state index contributed by atoms with van der Waals surface area (Å²) in [5.74, 6) is 0.284. The van der Waals surface area contributed by atoms with Crippen LogP contribution in [0.2, 0.25) is 0 Å². The molecule has 0 saturated carbocycles. The van der Waals surface area contributed by atoms with E-state index >= 15 is 0 Å². The first-order valence-corrected chi connectivity index (χ1v) is 7.59. The molecule has 3 nitrogen and oxygen atoms in total. The quantitative estimate of drug-likeness (QED) is 0.765. The van der Waals surface area contributed by atoms with E-state index in [1.54, 1.807) is 12.1 Å². The lowest BCUT2D eigenvalue weighted by atomic mass is 9.93. The van der Waals surface area contributed by atoms with Gasteiger partial charge in [-0.2, -0.15) is 5.26 Å². The van der Waals surface area contributed by atoms with Crippen LogP contribution in [0.1, 0.15) is 17.5 Å². The lowest BCUT2D eigenvalue weighted by Crippen LogP contribution is -1.93. The molecular weight excluding hydrogens is 286 g/mol. The van der Waals surface area contributed by atoms with Gasteiger partial charge in [-0.15, -0.1) is 0 Å². The van der Waals surface area contributed by atoms with Crippen molar-refractivity contribution in [2.45, 2.75) is 12.8 Å². The summed E-state index contributed by atoms with van der Waals surface area (Å²) < 4.78 is 0. The van der Waals surface area contributed by atoms with Gasteiger partial charge in [0.05, 0.1) is 11.6 Å². The largest absolute Gasteiger partial charge is 0.507 e. The van der Waals surface area contributed by atoms with E-state index in [0.717, 1.165) is 27.5 Å². The first kappa shape index (κ1) is 15.1. The van der Waals surface area contributed by atoms with Gasteiger partial charge in [0.15, 0.2) is 0 Å². The number of aliphatic hydroxyl groups excluding tert-OH is 1. The molecule has 3 aromatic rings. The minimum atomic E-state index is 0.0957. The molecule has 3 rings (SSSR count). The number of aromatic hydroxyl groups is 1. The molecule has 0 unspecified atom stereocenters. The minimum Gasteiger partial charge on any atom is -0.507 e. The normalized spacial score (nSPS) is 10.6. The molecule has 0 atom stereocenters. The summed E-state index contributed by atoms with van der Waals surface area (Å²) >= 11 is 0. The predicted octanol–water partition coefficient (Wildman–Crippen LogP) is 4.01. The Labute approximate surface area is 135 Å². The van der Waals surface area contributed by atoms with E-state index in [0.29, 0.717) is 18.4 Å². The number of benzene rings is 3. The van der Waals surface area contributed by atoms with Crippen molar-refractivity contribution in [2.24, 2.45) is 0 Å². The molecule has 0 aliphatic heterocycles. The Morgan fingerprint density at radius 1 is 0.957 bits per heavy atom. The number of hydrogen-bond donors (Lipinski definition) is 2. The topological polar surface area (TPSA) is 64.2 Å². The van der Waals surface area contributed by atoms with Gasteiger partial charge >= 0.3 is 0 Å². The predicted molar refractivity (Wildman–Crippen MR) is 91.2 cm³/mol. The highest BCUT2D eigenvalue weighted by Crippen LogP contribution is 2.37. The Morgan fingerprint density at radius 2 is 1.65 bits per heavy atom. The Balaban J connectivity index is 2.21. The van der Waals surface area contributed by atoms with E-state index in [-0.39, 0.29) is 12.4 Å². The average molecular weight is 303 g/mol. The number of aliphatic hydroxyl groups is 1. The Morgan fingerprint density at radius 3 is 2.30 bits per heavy atom. The Hall–Kier alpha value is -2.83. The molecule has 0 radical (unpaired) electrons. The summed E-state index contributed by atoms with van der Waals surface area (Å²) in [6.07, 6.45) is 1.23. The molecule has 0 aliphatic rings. The fourth-order valence-corrected chi connectivity index (χ4v) is 2.84. The molecule has 0 heterocycles. The van der Waals surface area contributed by atoms with Gasteiger partial charge in [-0.05, 0) is 53.1 Å². The highest BCUT2D eigenvalue weighted by molar-refractivity contribution is 6.01. The van der Waals surface area contributed by atoms with Crippen molar-refractivity contribution in [3.63, 3.8) is 0 Å². The van der Waals surface area contributed by atoms with Gasteiger partial charge in [-0.25, -0.2) is 0 Å². The molecule has 3 aromatic carbocycles. The second kappa shape index (κ2) is 6.51. The molecule has 3 heteroatoms. The second-order valence-corrected chi connectivity index (χ2v) is 5.49. The van der Waals surface area contributed by atoms with Crippen LogP contribution in [0, 0.1) is 11.3 Å². The molecule has 0 spiro atoms. The second-order valence-electron chi connectivity index (χ2n) is 5.49. The molecule has 0 saturated heterocycles. The van der Waals surface area contributed by atoms with Crippen LogP contribution in [0.4, 0.5) is 0 Å². The lowest BCUT2D eigenvalue weighted by molar-refractivity contribution is 0.288. The summed E-state index contributed by atoms with van der Waals surface area (Å²) in [5, 5.41) is 30.3. The van der Waals surface area contributed by atoms with Crippen LogP contribution < -0.4 is 0 Å². The Bertz CT molecular complexity index is 877. The van der Waals surface area contributed by atoms with E-state index in [4.69, 9.17) is 10.4 Å². The maximum atomic E-state index is 10.5. The SMILES string of the molecule is N#Cc1ccc(-c2cc(CCCO)c(O)c3ccccc23)cc1. The van der Waals surface area contributed by atoms with Crippen LogP contribution in [0.5, 0.6) is 5.75 Å². The summed E-state index contributed by atoms with van der Waals surface area (Å²) in [6, 6.07) is 19.3. The summed E-state index contributed by atoms with van der Waals surface area (Å²) in [4.78, 5) is 0. The zero-order valence-electron chi connectivity index (χ0n) is 12.7. The van der Waals surface area contributed by atoms with E-state index in [1.807, 2.05) is 42.5 Å². The highest BCUT2D eigenvalue weighted by Gasteiger charge is 2.12. The van der Waals surface area contributed by atoms with Gasteiger partial charge in [-0.3, -0.25) is 0 Å². The molecule has 0 aliphatic carbocycles. The van der Waals surface area contributed by atoms with E-state index in [1.165, 1.54) is 0 Å². The van der Waals surface area contributed by atoms with E-state index in [9.17, 15) is 5.11 Å². The molecule has 114 valence electrons. The smallest absolute Gasteiger partial charge is 0.126 e. The molecule has 0 fully saturated rings. The van der Waals surface area contributed by atoms with Gasteiger partial charge in [0.25, 0.3) is 0 Å². The molecule has 23 heavy (non-hydrogen) atoms. The molecule has 0 aromatic heterocycles. The maximum absolute atomic E-state index is 10.5. The highest BCUT2D eigenvalue weighted by atomic mass is 16.3. The number of nitrogens with zero attached hydrogens (tertiary/aromatic N) is 1. The van der Waals surface area contributed by atoms with Crippen LogP contribution in [-0.4, -0.2) is 16.8 Å². The van der Waals surface area contributed by atoms with Crippen molar-refractivity contribution in [3.05, 3.63) is 65.7 Å². The van der Waals surface area contributed by atoms with Crippen molar-refractivity contribution in [1.29, 1.82) is 5.26 Å². The third-order valence-corrected chi connectivity index (χ3v) is 4.02. The number of phenols is 1. The van der Waals surface area contributed by atoms with Crippen LogP contribution in [-0.2, 0) is 6.42 Å².